The lowest BCUT2D eigenvalue weighted by Crippen LogP contribution is -2.16. The lowest BCUT2D eigenvalue weighted by molar-refractivity contribution is -0.142. The van der Waals surface area contributed by atoms with Crippen LogP contribution >= 0.6 is 0 Å². The number of carbonyl (C=O) groups excluding carboxylic acids is 2. The minimum Gasteiger partial charge on any atom is -0.481 e. The summed E-state index contributed by atoms with van der Waals surface area (Å²) in [6.45, 7) is 7.23. The number of hydrogen-bond acceptors (Lipinski definition) is 5. The van der Waals surface area contributed by atoms with Gasteiger partial charge >= 0.3 is 17.9 Å². The molecule has 0 heterocycles. The number of hydrogen-bond donors (Lipinski definition) is 1. The molecule has 1 N–H and O–H groups in total. The van der Waals surface area contributed by atoms with Gasteiger partial charge in [0.05, 0.1) is 17.4 Å². The number of benzene rings is 2. The fourth-order valence-corrected chi connectivity index (χ4v) is 2.81. The van der Waals surface area contributed by atoms with E-state index in [-0.39, 0.29) is 18.5 Å². The van der Waals surface area contributed by atoms with Crippen molar-refractivity contribution in [3.8, 4) is 5.75 Å². The van der Waals surface area contributed by atoms with E-state index < -0.39 is 17.9 Å². The number of carboxylic acid groups (broad SMARTS) is 1. The fourth-order valence-electron chi connectivity index (χ4n) is 2.81. The molecule has 0 aromatic heterocycles. The van der Waals surface area contributed by atoms with Crippen molar-refractivity contribution < 1.29 is 29.0 Å². The molecular formula is C25H28O6. The highest BCUT2D eigenvalue weighted by Gasteiger charge is 2.17. The number of allylic oxidation sites excluding steroid dienone is 1. The third-order valence-corrected chi connectivity index (χ3v) is 4.72. The molecule has 0 aliphatic rings. The van der Waals surface area contributed by atoms with Crippen molar-refractivity contribution in [3.63, 3.8) is 0 Å². The summed E-state index contributed by atoms with van der Waals surface area (Å²) < 4.78 is 10.5. The average molecular weight is 424 g/mol. The zero-order chi connectivity index (χ0) is 22.8. The zero-order valence-corrected chi connectivity index (χ0v) is 17.9. The summed E-state index contributed by atoms with van der Waals surface area (Å²) in [7, 11) is 0. The van der Waals surface area contributed by atoms with Gasteiger partial charge in [0.25, 0.3) is 0 Å². The second-order valence-electron chi connectivity index (χ2n) is 7.60. The van der Waals surface area contributed by atoms with Crippen molar-refractivity contribution in [2.24, 2.45) is 11.8 Å². The number of esters is 2. The van der Waals surface area contributed by atoms with Gasteiger partial charge in [-0.15, -0.1) is 6.58 Å². The number of carboxylic acids is 1. The van der Waals surface area contributed by atoms with Crippen molar-refractivity contribution in [1.29, 1.82) is 0 Å². The van der Waals surface area contributed by atoms with Crippen LogP contribution in [0.25, 0.3) is 0 Å². The summed E-state index contributed by atoms with van der Waals surface area (Å²) >= 11 is 0. The second kappa shape index (κ2) is 11.7. The topological polar surface area (TPSA) is 89.9 Å². The van der Waals surface area contributed by atoms with Crippen molar-refractivity contribution >= 4 is 17.9 Å². The molecule has 164 valence electrons. The summed E-state index contributed by atoms with van der Waals surface area (Å²) in [5.74, 6) is -1.87. The molecule has 0 aliphatic heterocycles. The predicted molar refractivity (Wildman–Crippen MR) is 117 cm³/mol. The Balaban J connectivity index is 1.89. The Labute approximate surface area is 182 Å². The molecule has 0 radical (unpaired) electrons. The Kier molecular flexibility index (Phi) is 9.00. The first-order valence-corrected chi connectivity index (χ1v) is 10.2. The molecule has 2 aromatic rings. The SMILES string of the molecule is C=CCCC(Cc1ccc(C(=O)OCc2ccc(OC(=O)C(C)C)cc2)cc1)C(=O)O. The largest absolute Gasteiger partial charge is 0.481 e. The lowest BCUT2D eigenvalue weighted by atomic mass is 9.94. The third kappa shape index (κ3) is 7.74. The molecule has 0 saturated carbocycles. The fraction of sp³-hybridized carbons (Fsp3) is 0.320. The molecule has 0 saturated heterocycles. The molecule has 0 bridgehead atoms. The first-order chi connectivity index (χ1) is 14.8. The Bertz CT molecular complexity index is 897. The van der Waals surface area contributed by atoms with Gasteiger partial charge in [-0.25, -0.2) is 4.79 Å². The van der Waals surface area contributed by atoms with Gasteiger partial charge in [-0.05, 0) is 54.7 Å². The summed E-state index contributed by atoms with van der Waals surface area (Å²) in [5.41, 5.74) is 2.00. The molecule has 0 fully saturated rings. The minimum atomic E-state index is -0.838. The van der Waals surface area contributed by atoms with E-state index in [1.165, 1.54) is 0 Å². The van der Waals surface area contributed by atoms with E-state index in [1.807, 2.05) is 0 Å². The van der Waals surface area contributed by atoms with Crippen LogP contribution in [0.1, 0.15) is 48.2 Å². The Morgan fingerprint density at radius 1 is 1.00 bits per heavy atom. The van der Waals surface area contributed by atoms with Gasteiger partial charge in [0, 0.05) is 0 Å². The normalized spacial score (nSPS) is 11.6. The van der Waals surface area contributed by atoms with E-state index in [1.54, 1.807) is 68.5 Å². The zero-order valence-electron chi connectivity index (χ0n) is 17.9. The maximum Gasteiger partial charge on any atom is 0.338 e. The van der Waals surface area contributed by atoms with Gasteiger partial charge in [-0.3, -0.25) is 9.59 Å². The molecule has 1 atom stereocenters. The van der Waals surface area contributed by atoms with Gasteiger partial charge in [-0.2, -0.15) is 0 Å². The summed E-state index contributed by atoms with van der Waals surface area (Å²) in [6, 6.07) is 13.5. The first-order valence-electron chi connectivity index (χ1n) is 10.2. The Hall–Kier alpha value is -3.41. The monoisotopic (exact) mass is 424 g/mol. The van der Waals surface area contributed by atoms with E-state index in [4.69, 9.17) is 9.47 Å². The van der Waals surface area contributed by atoms with Crippen LogP contribution in [0.15, 0.2) is 61.2 Å². The van der Waals surface area contributed by atoms with Gasteiger partial charge < -0.3 is 14.6 Å². The summed E-state index contributed by atoms with van der Waals surface area (Å²) in [4.78, 5) is 35.3. The van der Waals surface area contributed by atoms with Crippen molar-refractivity contribution in [2.45, 2.75) is 39.7 Å². The van der Waals surface area contributed by atoms with Crippen molar-refractivity contribution in [3.05, 3.63) is 77.9 Å². The maximum atomic E-state index is 12.3. The molecule has 1 unspecified atom stereocenters. The van der Waals surface area contributed by atoms with E-state index in [2.05, 4.69) is 6.58 Å². The molecule has 2 aromatic carbocycles. The van der Waals surface area contributed by atoms with E-state index in [9.17, 15) is 19.5 Å². The number of ether oxygens (including phenoxy) is 2. The van der Waals surface area contributed by atoms with Crippen LogP contribution in [0.2, 0.25) is 0 Å². The molecule has 0 aliphatic carbocycles. The van der Waals surface area contributed by atoms with Crippen LogP contribution in [0.3, 0.4) is 0 Å². The summed E-state index contributed by atoms with van der Waals surface area (Å²) in [5, 5.41) is 9.33. The second-order valence-corrected chi connectivity index (χ2v) is 7.60. The van der Waals surface area contributed by atoms with E-state index in [0.717, 1.165) is 11.1 Å². The van der Waals surface area contributed by atoms with Gasteiger partial charge in [-0.1, -0.05) is 44.2 Å². The molecule has 6 heteroatoms. The van der Waals surface area contributed by atoms with Crippen LogP contribution in [0.4, 0.5) is 0 Å². The summed E-state index contributed by atoms with van der Waals surface area (Å²) in [6.07, 6.45) is 3.27. The molecule has 6 nitrogen and oxygen atoms in total. The first kappa shape index (κ1) is 23.9. The minimum absolute atomic E-state index is 0.0850. The molecule has 0 spiro atoms. The highest BCUT2D eigenvalue weighted by atomic mass is 16.5. The third-order valence-electron chi connectivity index (χ3n) is 4.72. The van der Waals surface area contributed by atoms with Crippen LogP contribution in [0.5, 0.6) is 5.75 Å². The predicted octanol–water partition coefficient (Wildman–Crippen LogP) is 4.81. The van der Waals surface area contributed by atoms with Crippen LogP contribution in [-0.2, 0) is 27.4 Å². The quantitative estimate of drug-likeness (QED) is 0.316. The highest BCUT2D eigenvalue weighted by molar-refractivity contribution is 5.89. The van der Waals surface area contributed by atoms with Crippen LogP contribution in [0, 0.1) is 11.8 Å². The molecule has 31 heavy (non-hydrogen) atoms. The molecular weight excluding hydrogens is 396 g/mol. The van der Waals surface area contributed by atoms with Gasteiger partial charge in [0.15, 0.2) is 0 Å². The van der Waals surface area contributed by atoms with Gasteiger partial charge in [0.1, 0.15) is 12.4 Å². The standard InChI is InChI=1S/C25H28O6/c1-4-5-6-21(23(26)27)15-18-7-11-20(12-8-18)25(29)30-16-19-9-13-22(14-10-19)31-24(28)17(2)3/h4,7-14,17,21H,1,5-6,15-16H2,2-3H3,(H,26,27). The Morgan fingerprint density at radius 2 is 1.61 bits per heavy atom. The molecule has 0 amide bonds. The average Bonchev–Trinajstić information content (AvgIpc) is 2.76. The maximum absolute atomic E-state index is 12.3. The van der Waals surface area contributed by atoms with Crippen molar-refractivity contribution in [2.75, 3.05) is 0 Å². The van der Waals surface area contributed by atoms with Gasteiger partial charge in [0.2, 0.25) is 0 Å². The molecule has 2 rings (SSSR count). The number of rotatable bonds is 11. The number of aliphatic carboxylic acids is 1. The Morgan fingerprint density at radius 3 is 2.16 bits per heavy atom. The van der Waals surface area contributed by atoms with E-state index >= 15 is 0 Å². The van der Waals surface area contributed by atoms with E-state index in [0.29, 0.717) is 30.6 Å². The number of carbonyl (C=O) groups is 3. The van der Waals surface area contributed by atoms with Crippen molar-refractivity contribution in [1.82, 2.24) is 0 Å². The lowest BCUT2D eigenvalue weighted by Gasteiger charge is -2.12. The smallest absolute Gasteiger partial charge is 0.338 e. The van der Waals surface area contributed by atoms with Crippen LogP contribution in [-0.4, -0.2) is 23.0 Å². The van der Waals surface area contributed by atoms with Crippen LogP contribution < -0.4 is 4.74 Å². The highest BCUT2D eigenvalue weighted by Crippen LogP contribution is 2.18.